The van der Waals surface area contributed by atoms with Crippen LogP contribution in [0.2, 0.25) is 0 Å². The zero-order chi connectivity index (χ0) is 18.2. The van der Waals surface area contributed by atoms with Crippen LogP contribution in [-0.2, 0) is 11.2 Å². The zero-order valence-corrected chi connectivity index (χ0v) is 14.8. The molecule has 1 heterocycles. The maximum absolute atomic E-state index is 12.4. The van der Waals surface area contributed by atoms with Gasteiger partial charge < -0.3 is 10.1 Å². The first kappa shape index (κ1) is 17.7. The zero-order valence-electron chi connectivity index (χ0n) is 14.8. The lowest BCUT2D eigenvalue weighted by Gasteiger charge is -2.19. The fourth-order valence-electron chi connectivity index (χ4n) is 2.69. The highest BCUT2D eigenvalue weighted by atomic mass is 16.5. The van der Waals surface area contributed by atoms with Crippen LogP contribution >= 0.6 is 0 Å². The van der Waals surface area contributed by atoms with E-state index in [2.05, 4.69) is 17.2 Å². The minimum Gasteiger partial charge on any atom is -0.484 e. The molecule has 3 aromatic rings. The van der Waals surface area contributed by atoms with E-state index < -0.39 is 0 Å². The summed E-state index contributed by atoms with van der Waals surface area (Å²) in [6, 6.07) is 23.0. The van der Waals surface area contributed by atoms with Crippen LogP contribution in [0.15, 0.2) is 79.0 Å². The van der Waals surface area contributed by atoms with Crippen molar-refractivity contribution >= 4 is 5.91 Å². The van der Waals surface area contributed by atoms with Crippen molar-refractivity contribution in [3.8, 4) is 5.75 Å². The third-order valence-electron chi connectivity index (χ3n) is 4.12. The predicted molar refractivity (Wildman–Crippen MR) is 102 cm³/mol. The summed E-state index contributed by atoms with van der Waals surface area (Å²) in [6.45, 7) is 2.06. The van der Waals surface area contributed by atoms with Crippen LogP contribution < -0.4 is 10.1 Å². The van der Waals surface area contributed by atoms with Gasteiger partial charge in [-0.15, -0.1) is 0 Å². The number of nitrogens with one attached hydrogen (secondary N) is 1. The average molecular weight is 346 g/mol. The van der Waals surface area contributed by atoms with Crippen molar-refractivity contribution in [3.63, 3.8) is 0 Å². The molecule has 4 heteroatoms. The first-order valence-corrected chi connectivity index (χ1v) is 8.73. The Labute approximate surface area is 153 Å². The lowest BCUT2D eigenvalue weighted by Crippen LogP contribution is -2.33. The van der Waals surface area contributed by atoms with E-state index in [0.717, 1.165) is 17.7 Å². The van der Waals surface area contributed by atoms with Crippen LogP contribution in [0.3, 0.4) is 0 Å². The Balaban J connectivity index is 1.67. The molecular formula is C22H22N2O2. The highest BCUT2D eigenvalue weighted by Crippen LogP contribution is 2.20. The lowest BCUT2D eigenvalue weighted by atomic mass is 10.0. The highest BCUT2D eigenvalue weighted by Gasteiger charge is 2.18. The van der Waals surface area contributed by atoms with Gasteiger partial charge in [-0.1, -0.05) is 55.5 Å². The Bertz CT molecular complexity index is 778. The Kier molecular flexibility index (Phi) is 5.99. The molecule has 0 bridgehead atoms. The smallest absolute Gasteiger partial charge is 0.258 e. The first-order valence-electron chi connectivity index (χ1n) is 8.73. The molecule has 1 atom stereocenters. The van der Waals surface area contributed by atoms with Crippen molar-refractivity contribution < 1.29 is 9.53 Å². The maximum atomic E-state index is 12.4. The minimum absolute atomic E-state index is 0.0400. The summed E-state index contributed by atoms with van der Waals surface area (Å²) in [7, 11) is 0. The quantitative estimate of drug-likeness (QED) is 0.705. The van der Waals surface area contributed by atoms with Gasteiger partial charge in [-0.05, 0) is 41.8 Å². The van der Waals surface area contributed by atoms with E-state index in [1.807, 2.05) is 72.8 Å². The molecule has 0 spiro atoms. The van der Waals surface area contributed by atoms with E-state index in [0.29, 0.717) is 5.75 Å². The number of aromatic nitrogens is 1. The van der Waals surface area contributed by atoms with E-state index in [1.54, 1.807) is 6.20 Å². The molecule has 1 amide bonds. The van der Waals surface area contributed by atoms with Gasteiger partial charge in [0.25, 0.3) is 5.91 Å². The van der Waals surface area contributed by atoms with Gasteiger partial charge in [0, 0.05) is 6.20 Å². The van der Waals surface area contributed by atoms with E-state index in [9.17, 15) is 4.79 Å². The molecule has 3 rings (SSSR count). The predicted octanol–water partition coefficient (Wildman–Crippen LogP) is 3.93. The molecule has 4 nitrogen and oxygen atoms in total. The summed E-state index contributed by atoms with van der Waals surface area (Å²) in [4.78, 5) is 16.8. The van der Waals surface area contributed by atoms with Crippen molar-refractivity contribution in [3.05, 3.63) is 95.8 Å². The molecule has 0 radical (unpaired) electrons. The number of pyridine rings is 1. The SMILES string of the molecule is CCc1ccc(OCC(=O)NC(c2ccccc2)c2ccccn2)cc1. The van der Waals surface area contributed by atoms with Crippen molar-refractivity contribution in [1.29, 1.82) is 0 Å². The average Bonchev–Trinajstić information content (AvgIpc) is 2.72. The summed E-state index contributed by atoms with van der Waals surface area (Å²) in [5, 5.41) is 3.02. The molecule has 0 aliphatic heterocycles. The van der Waals surface area contributed by atoms with Gasteiger partial charge in [-0.3, -0.25) is 9.78 Å². The molecule has 2 aromatic carbocycles. The molecule has 1 aromatic heterocycles. The summed E-state index contributed by atoms with van der Waals surface area (Å²) in [5.41, 5.74) is 3.01. The number of hydrogen-bond donors (Lipinski definition) is 1. The molecule has 0 saturated carbocycles. The molecular weight excluding hydrogens is 324 g/mol. The monoisotopic (exact) mass is 346 g/mol. The lowest BCUT2D eigenvalue weighted by molar-refractivity contribution is -0.123. The topological polar surface area (TPSA) is 51.2 Å². The summed E-state index contributed by atoms with van der Waals surface area (Å²) >= 11 is 0. The molecule has 26 heavy (non-hydrogen) atoms. The number of carbonyl (C=O) groups is 1. The number of nitrogens with zero attached hydrogens (tertiary/aromatic N) is 1. The summed E-state index contributed by atoms with van der Waals surface area (Å²) < 4.78 is 5.61. The van der Waals surface area contributed by atoms with E-state index in [1.165, 1.54) is 5.56 Å². The van der Waals surface area contributed by atoms with E-state index in [-0.39, 0.29) is 18.6 Å². The molecule has 0 saturated heterocycles. The second-order valence-electron chi connectivity index (χ2n) is 5.95. The summed E-state index contributed by atoms with van der Waals surface area (Å²) in [5.74, 6) is 0.496. The third-order valence-corrected chi connectivity index (χ3v) is 4.12. The number of amides is 1. The minimum atomic E-state index is -0.309. The third kappa shape index (κ3) is 4.70. The Hall–Kier alpha value is -3.14. The Morgan fingerprint density at radius 2 is 1.73 bits per heavy atom. The van der Waals surface area contributed by atoms with E-state index in [4.69, 9.17) is 4.74 Å². The normalized spacial score (nSPS) is 11.6. The van der Waals surface area contributed by atoms with Crippen molar-refractivity contribution in [2.45, 2.75) is 19.4 Å². The molecule has 0 aliphatic carbocycles. The van der Waals surface area contributed by atoms with Gasteiger partial charge in [0.15, 0.2) is 6.61 Å². The Morgan fingerprint density at radius 1 is 1.00 bits per heavy atom. The Morgan fingerprint density at radius 3 is 2.38 bits per heavy atom. The number of rotatable bonds is 7. The number of aryl methyl sites for hydroxylation is 1. The van der Waals surface area contributed by atoms with Crippen LogP contribution in [0.5, 0.6) is 5.75 Å². The van der Waals surface area contributed by atoms with Crippen molar-refractivity contribution in [2.24, 2.45) is 0 Å². The largest absolute Gasteiger partial charge is 0.484 e. The second kappa shape index (κ2) is 8.81. The van der Waals surface area contributed by atoms with Crippen LogP contribution in [0.1, 0.15) is 29.8 Å². The fraction of sp³-hybridized carbons (Fsp3) is 0.182. The molecule has 0 aliphatic rings. The molecule has 1 N–H and O–H groups in total. The number of benzene rings is 2. The van der Waals surface area contributed by atoms with Gasteiger partial charge in [0.2, 0.25) is 0 Å². The van der Waals surface area contributed by atoms with Crippen LogP contribution in [0, 0.1) is 0 Å². The molecule has 1 unspecified atom stereocenters. The van der Waals surface area contributed by atoms with Gasteiger partial charge in [-0.25, -0.2) is 0 Å². The van der Waals surface area contributed by atoms with Crippen LogP contribution in [-0.4, -0.2) is 17.5 Å². The maximum Gasteiger partial charge on any atom is 0.258 e. The van der Waals surface area contributed by atoms with Gasteiger partial charge >= 0.3 is 0 Å². The number of hydrogen-bond acceptors (Lipinski definition) is 3. The van der Waals surface area contributed by atoms with Crippen molar-refractivity contribution in [2.75, 3.05) is 6.61 Å². The molecule has 0 fully saturated rings. The van der Waals surface area contributed by atoms with Crippen LogP contribution in [0.25, 0.3) is 0 Å². The highest BCUT2D eigenvalue weighted by molar-refractivity contribution is 5.78. The molecule has 132 valence electrons. The van der Waals surface area contributed by atoms with E-state index >= 15 is 0 Å². The van der Waals surface area contributed by atoms with Gasteiger partial charge in [-0.2, -0.15) is 0 Å². The number of carbonyl (C=O) groups excluding carboxylic acids is 1. The first-order chi connectivity index (χ1) is 12.8. The standard InChI is InChI=1S/C22H22N2O2/c1-2-17-11-13-19(14-12-17)26-16-21(25)24-22(18-8-4-3-5-9-18)20-10-6-7-15-23-20/h3-15,22H,2,16H2,1H3,(H,24,25). The second-order valence-corrected chi connectivity index (χ2v) is 5.95. The fourth-order valence-corrected chi connectivity index (χ4v) is 2.69. The van der Waals surface area contributed by atoms with Crippen molar-refractivity contribution in [1.82, 2.24) is 10.3 Å². The van der Waals surface area contributed by atoms with Gasteiger partial charge in [0.05, 0.1) is 11.7 Å². The van der Waals surface area contributed by atoms with Crippen LogP contribution in [0.4, 0.5) is 0 Å². The van der Waals surface area contributed by atoms with Gasteiger partial charge in [0.1, 0.15) is 5.75 Å². The number of ether oxygens (including phenoxy) is 1. The summed E-state index contributed by atoms with van der Waals surface area (Å²) in [6.07, 6.45) is 2.70.